The van der Waals surface area contributed by atoms with Crippen LogP contribution in [0.1, 0.15) is 36.7 Å². The molecular formula is C16H23N3O4. The molecule has 0 unspecified atom stereocenters. The molecule has 0 saturated heterocycles. The number of rotatable bonds is 5. The lowest BCUT2D eigenvalue weighted by molar-refractivity contribution is -0.122. The van der Waals surface area contributed by atoms with Crippen molar-refractivity contribution in [3.63, 3.8) is 0 Å². The van der Waals surface area contributed by atoms with E-state index in [0.717, 1.165) is 5.56 Å². The van der Waals surface area contributed by atoms with Gasteiger partial charge in [0.2, 0.25) is 5.91 Å². The van der Waals surface area contributed by atoms with E-state index in [2.05, 4.69) is 10.6 Å². The number of carboxylic acid groups (broad SMARTS) is 1. The first kappa shape index (κ1) is 18.5. The first-order chi connectivity index (χ1) is 10.6. The third kappa shape index (κ3) is 6.82. The number of urea groups is 1. The summed E-state index contributed by atoms with van der Waals surface area (Å²) >= 11 is 0. The summed E-state index contributed by atoms with van der Waals surface area (Å²) in [5, 5.41) is 14.3. The Kier molecular flexibility index (Phi) is 6.12. The average Bonchev–Trinajstić information content (AvgIpc) is 2.42. The van der Waals surface area contributed by atoms with Gasteiger partial charge in [-0.2, -0.15) is 0 Å². The van der Waals surface area contributed by atoms with Gasteiger partial charge in [0.25, 0.3) is 0 Å². The minimum absolute atomic E-state index is 0.0406. The van der Waals surface area contributed by atoms with Crippen molar-refractivity contribution < 1.29 is 19.5 Å². The maximum absolute atomic E-state index is 11.9. The molecule has 0 spiro atoms. The van der Waals surface area contributed by atoms with E-state index >= 15 is 0 Å². The van der Waals surface area contributed by atoms with E-state index in [1.807, 2.05) is 20.8 Å². The monoisotopic (exact) mass is 321 g/mol. The molecule has 0 heterocycles. The quantitative estimate of drug-likeness (QED) is 0.764. The van der Waals surface area contributed by atoms with E-state index in [-0.39, 0.29) is 36.1 Å². The fourth-order valence-electron chi connectivity index (χ4n) is 1.82. The first-order valence-corrected chi connectivity index (χ1v) is 7.21. The van der Waals surface area contributed by atoms with Gasteiger partial charge in [0.15, 0.2) is 0 Å². The third-order valence-corrected chi connectivity index (χ3v) is 2.89. The van der Waals surface area contributed by atoms with Crippen LogP contribution in [0, 0.1) is 0 Å². The van der Waals surface area contributed by atoms with Gasteiger partial charge in [-0.15, -0.1) is 0 Å². The lowest BCUT2D eigenvalue weighted by Crippen LogP contribution is -2.48. The molecular weight excluding hydrogens is 298 g/mol. The van der Waals surface area contributed by atoms with Gasteiger partial charge in [-0.3, -0.25) is 4.79 Å². The molecule has 7 nitrogen and oxygen atoms in total. The molecule has 0 aliphatic heterocycles. The van der Waals surface area contributed by atoms with Gasteiger partial charge in [-0.25, -0.2) is 9.59 Å². The van der Waals surface area contributed by atoms with E-state index in [1.165, 1.54) is 24.1 Å². The van der Waals surface area contributed by atoms with Gasteiger partial charge < -0.3 is 20.6 Å². The number of nitrogens with one attached hydrogen (secondary N) is 2. The molecule has 0 bridgehead atoms. The molecule has 23 heavy (non-hydrogen) atoms. The molecule has 0 fully saturated rings. The summed E-state index contributed by atoms with van der Waals surface area (Å²) in [6.07, 6.45) is 0. The molecule has 0 atom stereocenters. The minimum Gasteiger partial charge on any atom is -0.478 e. The number of hydrogen-bond donors (Lipinski definition) is 3. The number of carboxylic acids is 1. The summed E-state index contributed by atoms with van der Waals surface area (Å²) in [5.74, 6) is -1.23. The van der Waals surface area contributed by atoms with E-state index in [4.69, 9.17) is 5.11 Å². The number of aromatic carboxylic acids is 1. The first-order valence-electron chi connectivity index (χ1n) is 7.21. The summed E-state index contributed by atoms with van der Waals surface area (Å²) in [7, 11) is 1.53. The van der Waals surface area contributed by atoms with E-state index in [9.17, 15) is 14.4 Å². The summed E-state index contributed by atoms with van der Waals surface area (Å²) in [5.41, 5.74) is 0.618. The van der Waals surface area contributed by atoms with Crippen molar-refractivity contribution in [2.24, 2.45) is 0 Å². The second-order valence-electron chi connectivity index (χ2n) is 6.32. The van der Waals surface area contributed by atoms with Crippen LogP contribution in [0.4, 0.5) is 4.79 Å². The summed E-state index contributed by atoms with van der Waals surface area (Å²) in [6.45, 7) is 5.81. The zero-order valence-corrected chi connectivity index (χ0v) is 13.8. The number of amides is 3. The molecule has 0 aliphatic carbocycles. The van der Waals surface area contributed by atoms with E-state index in [0.29, 0.717) is 0 Å². The van der Waals surface area contributed by atoms with Gasteiger partial charge >= 0.3 is 12.0 Å². The lowest BCUT2D eigenvalue weighted by atomic mass is 10.1. The van der Waals surface area contributed by atoms with Crippen LogP contribution >= 0.6 is 0 Å². The maximum Gasteiger partial charge on any atom is 0.335 e. The highest BCUT2D eigenvalue weighted by molar-refractivity contribution is 5.87. The molecule has 1 rings (SSSR count). The van der Waals surface area contributed by atoms with Gasteiger partial charge in [-0.05, 0) is 38.5 Å². The van der Waals surface area contributed by atoms with Crippen LogP contribution in [-0.2, 0) is 11.3 Å². The summed E-state index contributed by atoms with van der Waals surface area (Å²) < 4.78 is 0. The molecule has 3 N–H and O–H groups in total. The number of hydrogen-bond acceptors (Lipinski definition) is 3. The van der Waals surface area contributed by atoms with Gasteiger partial charge in [0.05, 0.1) is 5.56 Å². The highest BCUT2D eigenvalue weighted by Crippen LogP contribution is 2.04. The van der Waals surface area contributed by atoms with Gasteiger partial charge in [0, 0.05) is 19.1 Å². The van der Waals surface area contributed by atoms with Crippen LogP contribution in [0.25, 0.3) is 0 Å². The van der Waals surface area contributed by atoms with E-state index < -0.39 is 5.97 Å². The normalized spacial score (nSPS) is 10.8. The molecule has 0 radical (unpaired) electrons. The maximum atomic E-state index is 11.9. The van der Waals surface area contributed by atoms with Crippen LogP contribution in [0.15, 0.2) is 24.3 Å². The second kappa shape index (κ2) is 7.62. The Balaban J connectivity index is 2.46. The Morgan fingerprint density at radius 2 is 1.70 bits per heavy atom. The molecule has 126 valence electrons. The number of carbonyl (C=O) groups excluding carboxylic acids is 2. The number of nitrogens with zero attached hydrogens (tertiary/aromatic N) is 1. The van der Waals surface area contributed by atoms with Crippen molar-refractivity contribution in [1.29, 1.82) is 0 Å². The zero-order chi connectivity index (χ0) is 17.6. The second-order valence-corrected chi connectivity index (χ2v) is 6.32. The molecule has 0 saturated carbocycles. The molecule has 0 aliphatic rings. The van der Waals surface area contributed by atoms with Gasteiger partial charge in [-0.1, -0.05) is 12.1 Å². The van der Waals surface area contributed by atoms with Crippen LogP contribution < -0.4 is 10.6 Å². The highest BCUT2D eigenvalue weighted by Gasteiger charge is 2.17. The Morgan fingerprint density at radius 3 is 2.17 bits per heavy atom. The zero-order valence-electron chi connectivity index (χ0n) is 13.8. The fourth-order valence-corrected chi connectivity index (χ4v) is 1.82. The Morgan fingerprint density at radius 1 is 1.13 bits per heavy atom. The van der Waals surface area contributed by atoms with Crippen molar-refractivity contribution in [2.75, 3.05) is 13.6 Å². The number of carbonyl (C=O) groups is 3. The number of likely N-dealkylation sites (N-methyl/N-ethyl adjacent to an activating group) is 1. The summed E-state index contributed by atoms with van der Waals surface area (Å²) in [4.78, 5) is 35.7. The van der Waals surface area contributed by atoms with Crippen LogP contribution in [0.5, 0.6) is 0 Å². The molecule has 0 aromatic heterocycles. The smallest absolute Gasteiger partial charge is 0.335 e. The summed E-state index contributed by atoms with van der Waals surface area (Å²) in [6, 6.07) is 5.84. The Bertz CT molecular complexity index is 576. The lowest BCUT2D eigenvalue weighted by Gasteiger charge is -2.23. The van der Waals surface area contributed by atoms with Crippen molar-refractivity contribution >= 4 is 17.9 Å². The molecule has 1 aromatic carbocycles. The van der Waals surface area contributed by atoms with Crippen LogP contribution in [-0.4, -0.2) is 47.0 Å². The predicted molar refractivity (Wildman–Crippen MR) is 86.2 cm³/mol. The van der Waals surface area contributed by atoms with Crippen molar-refractivity contribution in [3.8, 4) is 0 Å². The van der Waals surface area contributed by atoms with Crippen molar-refractivity contribution in [3.05, 3.63) is 35.4 Å². The predicted octanol–water partition coefficient (Wildman–Crippen LogP) is 1.44. The van der Waals surface area contributed by atoms with Crippen molar-refractivity contribution in [2.45, 2.75) is 32.9 Å². The SMILES string of the molecule is CN(CC(=O)NC(C)(C)C)C(=O)NCc1ccc(C(=O)O)cc1. The molecule has 3 amide bonds. The minimum atomic E-state index is -0.995. The number of benzene rings is 1. The Hall–Kier alpha value is -2.57. The fraction of sp³-hybridized carbons (Fsp3) is 0.438. The topological polar surface area (TPSA) is 98.7 Å². The van der Waals surface area contributed by atoms with E-state index in [1.54, 1.807) is 12.1 Å². The van der Waals surface area contributed by atoms with Crippen LogP contribution in [0.3, 0.4) is 0 Å². The molecule has 1 aromatic rings. The third-order valence-electron chi connectivity index (χ3n) is 2.89. The highest BCUT2D eigenvalue weighted by atomic mass is 16.4. The van der Waals surface area contributed by atoms with Crippen LogP contribution in [0.2, 0.25) is 0 Å². The van der Waals surface area contributed by atoms with Gasteiger partial charge in [0.1, 0.15) is 6.54 Å². The molecule has 7 heteroatoms. The standard InChI is InChI=1S/C16H23N3O4/c1-16(2,3)18-13(20)10-19(4)15(23)17-9-11-5-7-12(8-6-11)14(21)22/h5-8H,9-10H2,1-4H3,(H,17,23)(H,18,20)(H,21,22). The average molecular weight is 321 g/mol. The van der Waals surface area contributed by atoms with Crippen molar-refractivity contribution in [1.82, 2.24) is 15.5 Å². The largest absolute Gasteiger partial charge is 0.478 e. The Labute approximate surface area is 135 Å².